The maximum absolute atomic E-state index is 5.97. The first-order chi connectivity index (χ1) is 9.24. The quantitative estimate of drug-likeness (QED) is 0.546. The summed E-state index contributed by atoms with van der Waals surface area (Å²) in [7, 11) is 2.11. The van der Waals surface area contributed by atoms with E-state index in [0.717, 1.165) is 0 Å². The van der Waals surface area contributed by atoms with Crippen LogP contribution in [0.25, 0.3) is 0 Å². The van der Waals surface area contributed by atoms with Gasteiger partial charge in [-0.15, -0.1) is 0 Å². The number of hydrogen-bond acceptors (Lipinski definition) is 5. The molecule has 0 spiro atoms. The largest absolute Gasteiger partial charge is 0.457 e. The first-order valence-corrected chi connectivity index (χ1v) is 7.32. The minimum Gasteiger partial charge on any atom is -0.457 e. The Morgan fingerprint density at radius 3 is 3.00 bits per heavy atom. The molecule has 6 heteroatoms. The highest BCUT2D eigenvalue weighted by molar-refractivity contribution is 6.22. The smallest absolute Gasteiger partial charge is 0.195 e. The van der Waals surface area contributed by atoms with Crippen molar-refractivity contribution in [3.05, 3.63) is 0 Å². The standard InChI is InChI=1S/C13H19ClN4O/c1-18-10-5-3-2-4-9(10)15-7-13(18)19-12-6-11(14)16-8-17-12/h7-11,13H,2-6H2,1H3. The molecule has 0 amide bonds. The van der Waals surface area contributed by atoms with Gasteiger partial charge in [0.25, 0.3) is 0 Å². The predicted octanol–water partition coefficient (Wildman–Crippen LogP) is 2.05. The zero-order chi connectivity index (χ0) is 13.2. The van der Waals surface area contributed by atoms with E-state index < -0.39 is 0 Å². The number of likely N-dealkylation sites (N-methyl/N-ethyl adjacent to an activating group) is 1. The highest BCUT2D eigenvalue weighted by Gasteiger charge is 2.35. The van der Waals surface area contributed by atoms with Crippen LogP contribution in [-0.2, 0) is 4.74 Å². The van der Waals surface area contributed by atoms with Crippen LogP contribution in [-0.4, -0.2) is 54.2 Å². The second-order valence-corrected chi connectivity index (χ2v) is 5.82. The second kappa shape index (κ2) is 5.59. The highest BCUT2D eigenvalue weighted by atomic mass is 35.5. The van der Waals surface area contributed by atoms with E-state index in [9.17, 15) is 0 Å². The van der Waals surface area contributed by atoms with Crippen LogP contribution in [0.2, 0.25) is 0 Å². The van der Waals surface area contributed by atoms with Gasteiger partial charge in [0.15, 0.2) is 12.1 Å². The van der Waals surface area contributed by atoms with Crippen LogP contribution in [0.1, 0.15) is 32.1 Å². The summed E-state index contributed by atoms with van der Waals surface area (Å²) in [5.41, 5.74) is -0.263. The van der Waals surface area contributed by atoms with Crippen LogP contribution in [0, 0.1) is 0 Å². The topological polar surface area (TPSA) is 49.5 Å². The van der Waals surface area contributed by atoms with E-state index in [1.54, 1.807) is 0 Å². The predicted molar refractivity (Wildman–Crippen MR) is 77.4 cm³/mol. The molecule has 1 fully saturated rings. The Hall–Kier alpha value is -0.940. The molecule has 4 unspecified atom stereocenters. The van der Waals surface area contributed by atoms with Gasteiger partial charge in [-0.2, -0.15) is 0 Å². The van der Waals surface area contributed by atoms with Crippen molar-refractivity contribution < 1.29 is 4.74 Å². The Labute approximate surface area is 118 Å². The van der Waals surface area contributed by atoms with E-state index in [0.29, 0.717) is 24.4 Å². The van der Waals surface area contributed by atoms with Gasteiger partial charge >= 0.3 is 0 Å². The molecule has 5 nitrogen and oxygen atoms in total. The average molecular weight is 283 g/mol. The molecule has 4 atom stereocenters. The normalized spacial score (nSPS) is 38.7. The summed E-state index contributed by atoms with van der Waals surface area (Å²) in [6.45, 7) is 0. The van der Waals surface area contributed by atoms with Crippen molar-refractivity contribution >= 4 is 30.1 Å². The first kappa shape index (κ1) is 13.1. The Morgan fingerprint density at radius 2 is 2.16 bits per heavy atom. The molecule has 2 aliphatic heterocycles. The molecule has 1 saturated carbocycles. The maximum atomic E-state index is 5.97. The SMILES string of the molecule is CN1C(OC2=NC=NC(Cl)C2)C=NC2CCCCC21. The zero-order valence-electron chi connectivity index (χ0n) is 11.1. The lowest BCUT2D eigenvalue weighted by Crippen LogP contribution is -2.53. The van der Waals surface area contributed by atoms with Crippen LogP contribution in [0.4, 0.5) is 0 Å². The Morgan fingerprint density at radius 1 is 1.32 bits per heavy atom. The van der Waals surface area contributed by atoms with Crippen LogP contribution >= 0.6 is 11.6 Å². The fourth-order valence-corrected chi connectivity index (χ4v) is 3.15. The molecule has 1 aliphatic carbocycles. The number of ether oxygens (including phenoxy) is 1. The van der Waals surface area contributed by atoms with Crippen molar-refractivity contribution in [2.45, 2.75) is 55.9 Å². The summed E-state index contributed by atoms with van der Waals surface area (Å²) < 4.78 is 5.91. The van der Waals surface area contributed by atoms with Gasteiger partial charge in [0, 0.05) is 6.04 Å². The minimum atomic E-state index is -0.263. The van der Waals surface area contributed by atoms with E-state index in [1.807, 2.05) is 6.21 Å². The minimum absolute atomic E-state index is 0.131. The molecular weight excluding hydrogens is 264 g/mol. The number of aliphatic imine (C=N–C) groups is 3. The van der Waals surface area contributed by atoms with Crippen LogP contribution in [0.15, 0.2) is 15.0 Å². The van der Waals surface area contributed by atoms with E-state index in [2.05, 4.69) is 26.9 Å². The van der Waals surface area contributed by atoms with E-state index in [4.69, 9.17) is 16.3 Å². The molecule has 104 valence electrons. The molecule has 3 aliphatic rings. The molecular formula is C13H19ClN4O. The molecule has 0 aromatic carbocycles. The summed E-state index contributed by atoms with van der Waals surface area (Å²) in [4.78, 5) is 15.1. The van der Waals surface area contributed by atoms with Crippen molar-refractivity contribution in [3.8, 4) is 0 Å². The summed E-state index contributed by atoms with van der Waals surface area (Å²) in [6, 6.07) is 0.933. The van der Waals surface area contributed by atoms with Gasteiger partial charge in [-0.3, -0.25) is 14.9 Å². The van der Waals surface area contributed by atoms with Gasteiger partial charge in [0.2, 0.25) is 0 Å². The molecule has 2 heterocycles. The number of fused-ring (bicyclic) bond motifs is 1. The highest BCUT2D eigenvalue weighted by Crippen LogP contribution is 2.29. The van der Waals surface area contributed by atoms with Crippen LogP contribution in [0.5, 0.6) is 0 Å². The molecule has 0 aromatic heterocycles. The number of nitrogens with zero attached hydrogens (tertiary/aromatic N) is 4. The fraction of sp³-hybridized carbons (Fsp3) is 0.769. The number of alkyl halides is 1. The number of hydrogen-bond donors (Lipinski definition) is 0. The van der Waals surface area contributed by atoms with Crippen molar-refractivity contribution in [1.82, 2.24) is 4.90 Å². The van der Waals surface area contributed by atoms with E-state index >= 15 is 0 Å². The Kier molecular flexibility index (Phi) is 3.84. The van der Waals surface area contributed by atoms with Gasteiger partial charge in [-0.05, 0) is 19.9 Å². The van der Waals surface area contributed by atoms with E-state index in [1.165, 1.54) is 32.0 Å². The van der Waals surface area contributed by atoms with Crippen molar-refractivity contribution in [1.29, 1.82) is 0 Å². The molecule has 3 rings (SSSR count). The summed E-state index contributed by atoms with van der Waals surface area (Å²) in [5.74, 6) is 0.646. The molecule has 0 N–H and O–H groups in total. The molecule has 0 saturated heterocycles. The van der Waals surface area contributed by atoms with Gasteiger partial charge in [-0.25, -0.2) is 4.99 Å². The number of halogens is 1. The second-order valence-electron chi connectivity index (χ2n) is 5.32. The fourth-order valence-electron chi connectivity index (χ4n) is 2.97. The maximum Gasteiger partial charge on any atom is 0.195 e. The van der Waals surface area contributed by atoms with Crippen molar-refractivity contribution in [3.63, 3.8) is 0 Å². The molecule has 0 aromatic rings. The van der Waals surface area contributed by atoms with Gasteiger partial charge in [0.05, 0.1) is 18.7 Å². The third-order valence-electron chi connectivity index (χ3n) is 4.05. The third kappa shape index (κ3) is 2.82. The van der Waals surface area contributed by atoms with E-state index in [-0.39, 0.29) is 11.7 Å². The molecule has 0 bridgehead atoms. The summed E-state index contributed by atoms with van der Waals surface area (Å²) in [6.07, 6.45) is 8.75. The Balaban J connectivity index is 1.68. The third-order valence-corrected chi connectivity index (χ3v) is 4.32. The van der Waals surface area contributed by atoms with Crippen LogP contribution < -0.4 is 0 Å². The molecule has 0 radical (unpaired) electrons. The van der Waals surface area contributed by atoms with Crippen LogP contribution in [0.3, 0.4) is 0 Å². The Bertz CT molecular complexity index is 423. The lowest BCUT2D eigenvalue weighted by atomic mass is 9.88. The lowest BCUT2D eigenvalue weighted by Gasteiger charge is -2.42. The summed E-state index contributed by atoms with van der Waals surface area (Å²) >= 11 is 5.97. The van der Waals surface area contributed by atoms with Crippen molar-refractivity contribution in [2.24, 2.45) is 15.0 Å². The zero-order valence-corrected chi connectivity index (χ0v) is 11.8. The lowest BCUT2D eigenvalue weighted by molar-refractivity contribution is 0.0250. The average Bonchev–Trinajstić information content (AvgIpc) is 2.42. The van der Waals surface area contributed by atoms with Gasteiger partial charge < -0.3 is 4.74 Å². The van der Waals surface area contributed by atoms with Gasteiger partial charge in [-0.1, -0.05) is 24.4 Å². The first-order valence-electron chi connectivity index (χ1n) is 6.88. The summed E-state index contributed by atoms with van der Waals surface area (Å²) in [5, 5.41) is 0. The monoisotopic (exact) mass is 282 g/mol. The molecule has 19 heavy (non-hydrogen) atoms. The number of rotatable bonds is 1. The van der Waals surface area contributed by atoms with Gasteiger partial charge in [0.1, 0.15) is 11.8 Å². The van der Waals surface area contributed by atoms with Crippen molar-refractivity contribution in [2.75, 3.05) is 7.05 Å².